The second-order valence-corrected chi connectivity index (χ2v) is 11.4. The fraction of sp³-hybridized carbons (Fsp3) is 0.324. The monoisotopic (exact) mass is 584 g/mol. The summed E-state index contributed by atoms with van der Waals surface area (Å²) in [6.45, 7) is 8.46. The molecule has 1 heterocycles. The molecule has 0 saturated heterocycles. The number of hydrogen-bond donors (Lipinski definition) is 3. The molecule has 0 radical (unpaired) electrons. The molecule has 4 rings (SSSR count). The SMILES string of the molecule is CCOC(=O)c1ccc2c(c1)NC(=O)/C2=C(\Nc1ccc(CN(C)C(CCN)C(=O)OC(C)(C)C)cc1)c1ccccc1. The molecule has 1 amide bonds. The number of nitrogens with one attached hydrogen (secondary N) is 2. The minimum absolute atomic E-state index is 0.266. The van der Waals surface area contributed by atoms with E-state index in [1.807, 2.05) is 87.3 Å². The molecule has 0 saturated carbocycles. The van der Waals surface area contributed by atoms with Crippen LogP contribution in [0.25, 0.3) is 11.3 Å². The highest BCUT2D eigenvalue weighted by atomic mass is 16.6. The molecule has 3 aromatic rings. The molecule has 9 heteroatoms. The van der Waals surface area contributed by atoms with Crippen molar-refractivity contribution in [2.75, 3.05) is 30.8 Å². The van der Waals surface area contributed by atoms with E-state index >= 15 is 0 Å². The van der Waals surface area contributed by atoms with Crippen LogP contribution in [0, 0.1) is 0 Å². The Morgan fingerprint density at radius 2 is 1.70 bits per heavy atom. The van der Waals surface area contributed by atoms with Crippen molar-refractivity contribution in [3.8, 4) is 0 Å². The van der Waals surface area contributed by atoms with Gasteiger partial charge in [-0.15, -0.1) is 0 Å². The molecule has 4 N–H and O–H groups in total. The number of nitrogens with zero attached hydrogens (tertiary/aromatic N) is 1. The zero-order valence-electron chi connectivity index (χ0n) is 25.4. The van der Waals surface area contributed by atoms with Gasteiger partial charge in [-0.3, -0.25) is 14.5 Å². The van der Waals surface area contributed by atoms with Crippen molar-refractivity contribution in [3.05, 3.63) is 95.1 Å². The van der Waals surface area contributed by atoms with E-state index < -0.39 is 17.6 Å². The Bertz CT molecular complexity index is 1490. The molecule has 0 fully saturated rings. The molecular weight excluding hydrogens is 544 g/mol. The molecule has 0 bridgehead atoms. The van der Waals surface area contributed by atoms with Crippen LogP contribution in [0.3, 0.4) is 0 Å². The van der Waals surface area contributed by atoms with Crippen LogP contribution >= 0.6 is 0 Å². The smallest absolute Gasteiger partial charge is 0.338 e. The molecule has 0 spiro atoms. The number of anilines is 2. The Morgan fingerprint density at radius 3 is 2.33 bits per heavy atom. The van der Waals surface area contributed by atoms with E-state index in [9.17, 15) is 14.4 Å². The van der Waals surface area contributed by atoms with E-state index in [1.54, 1.807) is 25.1 Å². The van der Waals surface area contributed by atoms with Crippen molar-refractivity contribution < 1.29 is 23.9 Å². The first-order valence-electron chi connectivity index (χ1n) is 14.4. The van der Waals surface area contributed by atoms with E-state index in [-0.39, 0.29) is 18.5 Å². The normalized spacial score (nSPS) is 14.5. The predicted molar refractivity (Wildman–Crippen MR) is 169 cm³/mol. The van der Waals surface area contributed by atoms with Crippen LogP contribution in [-0.4, -0.2) is 54.6 Å². The molecule has 9 nitrogen and oxygen atoms in total. The third-order valence-corrected chi connectivity index (χ3v) is 6.89. The summed E-state index contributed by atoms with van der Waals surface area (Å²) in [6.07, 6.45) is 0.490. The second kappa shape index (κ2) is 13.7. The molecule has 1 unspecified atom stereocenters. The van der Waals surface area contributed by atoms with Gasteiger partial charge in [0.05, 0.1) is 29.1 Å². The van der Waals surface area contributed by atoms with E-state index in [0.29, 0.717) is 47.6 Å². The van der Waals surface area contributed by atoms with Crippen molar-refractivity contribution in [1.82, 2.24) is 4.90 Å². The standard InChI is InChI=1S/C34H40N4O5/c1-6-42-32(40)24-14-17-26-27(20-24)37-31(39)29(26)30(23-10-8-7-9-11-23)36-25-15-12-22(13-16-25)21-38(5)28(18-19-35)33(41)43-34(2,3)4/h7-17,20,28,36H,6,18-19,21,35H2,1-5H3,(H,37,39)/b30-29-. The molecule has 1 aliphatic rings. The van der Waals surface area contributed by atoms with E-state index in [2.05, 4.69) is 10.6 Å². The Kier molecular flexibility index (Phi) is 10.0. The lowest BCUT2D eigenvalue weighted by Gasteiger charge is -2.29. The highest BCUT2D eigenvalue weighted by Crippen LogP contribution is 2.38. The van der Waals surface area contributed by atoms with Crippen LogP contribution < -0.4 is 16.4 Å². The maximum Gasteiger partial charge on any atom is 0.338 e. The van der Waals surface area contributed by atoms with Gasteiger partial charge >= 0.3 is 11.9 Å². The highest BCUT2D eigenvalue weighted by Gasteiger charge is 2.30. The van der Waals surface area contributed by atoms with Crippen molar-refractivity contribution in [2.45, 2.75) is 52.3 Å². The molecule has 226 valence electrons. The molecule has 1 atom stereocenters. The summed E-state index contributed by atoms with van der Waals surface area (Å²) in [5, 5.41) is 6.36. The maximum atomic E-state index is 13.3. The lowest BCUT2D eigenvalue weighted by molar-refractivity contribution is -0.161. The number of likely N-dealkylation sites (N-methyl/N-ethyl adjacent to an activating group) is 1. The van der Waals surface area contributed by atoms with E-state index in [1.165, 1.54) is 0 Å². The fourth-order valence-electron chi connectivity index (χ4n) is 4.93. The summed E-state index contributed by atoms with van der Waals surface area (Å²) in [5.74, 6) is -0.999. The number of nitrogens with two attached hydrogens (primary N) is 1. The quantitative estimate of drug-likeness (QED) is 0.205. The summed E-state index contributed by atoms with van der Waals surface area (Å²) in [6, 6.07) is 22.1. The van der Waals surface area contributed by atoms with Crippen LogP contribution in [0.5, 0.6) is 0 Å². The van der Waals surface area contributed by atoms with Crippen LogP contribution in [-0.2, 0) is 25.6 Å². The van der Waals surface area contributed by atoms with Crippen LogP contribution in [0.4, 0.5) is 11.4 Å². The fourth-order valence-corrected chi connectivity index (χ4v) is 4.93. The number of ether oxygens (including phenoxy) is 2. The third-order valence-electron chi connectivity index (χ3n) is 6.89. The largest absolute Gasteiger partial charge is 0.462 e. The molecular formula is C34H40N4O5. The summed E-state index contributed by atoms with van der Waals surface area (Å²) >= 11 is 0. The van der Waals surface area contributed by atoms with E-state index in [0.717, 1.165) is 16.8 Å². The van der Waals surface area contributed by atoms with Crippen molar-refractivity contribution in [2.24, 2.45) is 5.73 Å². The molecule has 43 heavy (non-hydrogen) atoms. The van der Waals surface area contributed by atoms with Gasteiger partial charge in [0.2, 0.25) is 0 Å². The highest BCUT2D eigenvalue weighted by molar-refractivity contribution is 6.37. The first kappa shape index (κ1) is 31.5. The second-order valence-electron chi connectivity index (χ2n) is 11.4. The molecule has 0 aliphatic carbocycles. The number of benzene rings is 3. The number of carbonyl (C=O) groups excluding carboxylic acids is 3. The minimum atomic E-state index is -0.580. The minimum Gasteiger partial charge on any atom is -0.462 e. The average Bonchev–Trinajstić information content (AvgIpc) is 3.29. The number of hydrogen-bond acceptors (Lipinski definition) is 8. The van der Waals surface area contributed by atoms with Crippen LogP contribution in [0.2, 0.25) is 0 Å². The van der Waals surface area contributed by atoms with Crippen LogP contribution in [0.15, 0.2) is 72.8 Å². The van der Waals surface area contributed by atoms with Crippen molar-refractivity contribution in [3.63, 3.8) is 0 Å². The van der Waals surface area contributed by atoms with Gasteiger partial charge in [-0.05, 0) is 83.1 Å². The van der Waals surface area contributed by atoms with Gasteiger partial charge in [0, 0.05) is 17.8 Å². The lowest BCUT2D eigenvalue weighted by atomic mass is 9.99. The Morgan fingerprint density at radius 1 is 1.00 bits per heavy atom. The van der Waals surface area contributed by atoms with E-state index in [4.69, 9.17) is 15.2 Å². The number of fused-ring (bicyclic) bond motifs is 1. The molecule has 3 aromatic carbocycles. The van der Waals surface area contributed by atoms with Gasteiger partial charge in [0.15, 0.2) is 0 Å². The number of carbonyl (C=O) groups is 3. The summed E-state index contributed by atoms with van der Waals surface area (Å²) < 4.78 is 10.7. The number of esters is 2. The van der Waals surface area contributed by atoms with Gasteiger partial charge < -0.3 is 25.8 Å². The van der Waals surface area contributed by atoms with Gasteiger partial charge in [-0.1, -0.05) is 48.5 Å². The Balaban J connectivity index is 1.60. The maximum absolute atomic E-state index is 13.3. The number of rotatable bonds is 11. The van der Waals surface area contributed by atoms with Gasteiger partial charge in [-0.2, -0.15) is 0 Å². The first-order chi connectivity index (χ1) is 20.5. The van der Waals surface area contributed by atoms with Crippen LogP contribution in [0.1, 0.15) is 61.2 Å². The lowest BCUT2D eigenvalue weighted by Crippen LogP contribution is -2.43. The average molecular weight is 585 g/mol. The van der Waals surface area contributed by atoms with Gasteiger partial charge in [-0.25, -0.2) is 4.79 Å². The van der Waals surface area contributed by atoms with Gasteiger partial charge in [0.25, 0.3) is 5.91 Å². The first-order valence-corrected chi connectivity index (χ1v) is 14.4. The summed E-state index contributed by atoms with van der Waals surface area (Å²) in [5.41, 5.74) is 10.6. The van der Waals surface area contributed by atoms with Gasteiger partial charge in [0.1, 0.15) is 11.6 Å². The van der Waals surface area contributed by atoms with Crippen molar-refractivity contribution >= 4 is 40.5 Å². The Hall–Kier alpha value is -4.47. The zero-order chi connectivity index (χ0) is 31.1. The summed E-state index contributed by atoms with van der Waals surface area (Å²) in [7, 11) is 1.89. The predicted octanol–water partition coefficient (Wildman–Crippen LogP) is 5.29. The Labute approximate surface area is 253 Å². The molecule has 0 aromatic heterocycles. The summed E-state index contributed by atoms with van der Waals surface area (Å²) in [4.78, 5) is 40.3. The zero-order valence-corrected chi connectivity index (χ0v) is 25.4. The third kappa shape index (κ3) is 7.88. The number of amides is 1. The van der Waals surface area contributed by atoms with Crippen molar-refractivity contribution in [1.29, 1.82) is 0 Å². The molecule has 1 aliphatic heterocycles. The topological polar surface area (TPSA) is 123 Å².